The minimum absolute atomic E-state index is 0.0671. The average Bonchev–Trinajstić information content (AvgIpc) is 2.12. The van der Waals surface area contributed by atoms with E-state index in [0.717, 1.165) is 25.7 Å². The van der Waals surface area contributed by atoms with Crippen LogP contribution in [0.15, 0.2) is 12.7 Å². The molecule has 2 nitrogen and oxygen atoms in total. The van der Waals surface area contributed by atoms with Gasteiger partial charge in [0.05, 0.1) is 13.2 Å². The lowest BCUT2D eigenvalue weighted by molar-refractivity contribution is 0.0608. The number of hydrogen-bond donors (Lipinski definition) is 2. The highest BCUT2D eigenvalue weighted by Crippen LogP contribution is 2.22. The zero-order valence-electron chi connectivity index (χ0n) is 7.92. The molecule has 0 rings (SSSR count). The van der Waals surface area contributed by atoms with Gasteiger partial charge in [-0.1, -0.05) is 19.4 Å². The Balaban J connectivity index is 3.51. The first-order valence-electron chi connectivity index (χ1n) is 4.51. The van der Waals surface area contributed by atoms with E-state index in [1.807, 2.05) is 13.0 Å². The normalized spacial score (nSPS) is 11.6. The average molecular weight is 172 g/mol. The van der Waals surface area contributed by atoms with Crippen molar-refractivity contribution >= 4 is 0 Å². The molecule has 0 aromatic carbocycles. The molecule has 12 heavy (non-hydrogen) atoms. The van der Waals surface area contributed by atoms with Gasteiger partial charge in [-0.15, -0.1) is 6.58 Å². The van der Waals surface area contributed by atoms with Crippen molar-refractivity contribution < 1.29 is 10.2 Å². The third-order valence-corrected chi connectivity index (χ3v) is 2.20. The maximum atomic E-state index is 8.96. The van der Waals surface area contributed by atoms with Gasteiger partial charge < -0.3 is 10.2 Å². The summed E-state index contributed by atoms with van der Waals surface area (Å²) in [5.74, 6) is 0. The lowest BCUT2D eigenvalue weighted by atomic mass is 9.86. The third kappa shape index (κ3) is 4.52. The van der Waals surface area contributed by atoms with E-state index in [4.69, 9.17) is 10.2 Å². The Labute approximate surface area is 74.9 Å². The highest BCUT2D eigenvalue weighted by Gasteiger charge is 2.20. The summed E-state index contributed by atoms with van der Waals surface area (Å²) >= 11 is 0. The van der Waals surface area contributed by atoms with Gasteiger partial charge in [0, 0.05) is 5.41 Å². The molecule has 0 radical (unpaired) electrons. The van der Waals surface area contributed by atoms with Crippen LogP contribution in [0.4, 0.5) is 0 Å². The van der Waals surface area contributed by atoms with Crippen molar-refractivity contribution in [2.45, 2.75) is 32.6 Å². The fourth-order valence-electron chi connectivity index (χ4n) is 1.05. The SMILES string of the molecule is C=CCCCCC(C)(CO)CO. The minimum Gasteiger partial charge on any atom is -0.396 e. The fraction of sp³-hybridized carbons (Fsp3) is 0.800. The quantitative estimate of drug-likeness (QED) is 0.453. The predicted octanol–water partition coefficient (Wildman–Crippen LogP) is 1.72. The van der Waals surface area contributed by atoms with Crippen molar-refractivity contribution in [3.8, 4) is 0 Å². The Morgan fingerprint density at radius 2 is 1.83 bits per heavy atom. The van der Waals surface area contributed by atoms with Crippen molar-refractivity contribution in [1.29, 1.82) is 0 Å². The first kappa shape index (κ1) is 11.7. The van der Waals surface area contributed by atoms with Crippen molar-refractivity contribution in [2.75, 3.05) is 13.2 Å². The second-order valence-electron chi connectivity index (χ2n) is 3.66. The molecule has 0 saturated carbocycles. The lowest BCUT2D eigenvalue weighted by Crippen LogP contribution is -2.25. The molecule has 2 heteroatoms. The molecule has 0 aliphatic carbocycles. The maximum absolute atomic E-state index is 8.96. The van der Waals surface area contributed by atoms with E-state index in [0.29, 0.717) is 0 Å². The van der Waals surface area contributed by atoms with Crippen molar-refractivity contribution in [1.82, 2.24) is 0 Å². The lowest BCUT2D eigenvalue weighted by Gasteiger charge is -2.24. The molecule has 0 unspecified atom stereocenters. The molecule has 0 bridgehead atoms. The molecule has 0 saturated heterocycles. The molecular formula is C10H20O2. The fourth-order valence-corrected chi connectivity index (χ4v) is 1.05. The van der Waals surface area contributed by atoms with Crippen LogP contribution >= 0.6 is 0 Å². The molecular weight excluding hydrogens is 152 g/mol. The maximum Gasteiger partial charge on any atom is 0.0506 e. The van der Waals surface area contributed by atoms with E-state index in [2.05, 4.69) is 6.58 Å². The van der Waals surface area contributed by atoms with Crippen LogP contribution in [-0.4, -0.2) is 23.4 Å². The molecule has 0 aliphatic rings. The Morgan fingerprint density at radius 3 is 2.25 bits per heavy atom. The highest BCUT2D eigenvalue weighted by atomic mass is 16.3. The summed E-state index contributed by atoms with van der Waals surface area (Å²) in [6.45, 7) is 5.67. The molecule has 0 aromatic rings. The molecule has 0 amide bonds. The van der Waals surface area contributed by atoms with Gasteiger partial charge in [0.25, 0.3) is 0 Å². The van der Waals surface area contributed by atoms with E-state index in [1.54, 1.807) is 0 Å². The van der Waals surface area contributed by atoms with Gasteiger partial charge in [-0.05, 0) is 19.3 Å². The highest BCUT2D eigenvalue weighted by molar-refractivity contribution is 4.73. The molecule has 72 valence electrons. The topological polar surface area (TPSA) is 40.5 Å². The number of unbranched alkanes of at least 4 members (excludes halogenated alkanes) is 2. The first-order valence-corrected chi connectivity index (χ1v) is 4.51. The summed E-state index contributed by atoms with van der Waals surface area (Å²) in [6.07, 6.45) is 5.94. The smallest absolute Gasteiger partial charge is 0.0506 e. The number of aliphatic hydroxyl groups excluding tert-OH is 2. The number of allylic oxidation sites excluding steroid dienone is 1. The predicted molar refractivity (Wildman–Crippen MR) is 50.9 cm³/mol. The van der Waals surface area contributed by atoms with Crippen LogP contribution < -0.4 is 0 Å². The monoisotopic (exact) mass is 172 g/mol. The molecule has 0 aliphatic heterocycles. The van der Waals surface area contributed by atoms with E-state index in [-0.39, 0.29) is 18.6 Å². The van der Waals surface area contributed by atoms with E-state index in [1.165, 1.54) is 0 Å². The second-order valence-corrected chi connectivity index (χ2v) is 3.66. The van der Waals surface area contributed by atoms with Gasteiger partial charge in [-0.25, -0.2) is 0 Å². The van der Waals surface area contributed by atoms with E-state index in [9.17, 15) is 0 Å². The van der Waals surface area contributed by atoms with Crippen LogP contribution in [0.1, 0.15) is 32.6 Å². The standard InChI is InChI=1S/C10H20O2/c1-3-4-5-6-7-10(2,8-11)9-12/h3,11-12H,1,4-9H2,2H3. The molecule has 0 fully saturated rings. The van der Waals surface area contributed by atoms with E-state index < -0.39 is 0 Å². The minimum atomic E-state index is -0.291. The summed E-state index contributed by atoms with van der Waals surface area (Å²) in [5.41, 5.74) is -0.291. The van der Waals surface area contributed by atoms with Crippen LogP contribution in [0.3, 0.4) is 0 Å². The molecule has 0 spiro atoms. The molecule has 0 aromatic heterocycles. The summed E-state index contributed by atoms with van der Waals surface area (Å²) in [5, 5.41) is 17.9. The van der Waals surface area contributed by atoms with Gasteiger partial charge in [0.1, 0.15) is 0 Å². The zero-order chi connectivity index (χ0) is 9.45. The molecule has 0 atom stereocenters. The van der Waals surface area contributed by atoms with Gasteiger partial charge in [-0.3, -0.25) is 0 Å². The van der Waals surface area contributed by atoms with Gasteiger partial charge in [0.15, 0.2) is 0 Å². The van der Waals surface area contributed by atoms with Crippen LogP contribution in [0, 0.1) is 5.41 Å². The van der Waals surface area contributed by atoms with Gasteiger partial charge >= 0.3 is 0 Å². The van der Waals surface area contributed by atoms with Gasteiger partial charge in [0.2, 0.25) is 0 Å². The van der Waals surface area contributed by atoms with Crippen molar-refractivity contribution in [3.63, 3.8) is 0 Å². The first-order chi connectivity index (χ1) is 5.68. The van der Waals surface area contributed by atoms with Crippen molar-refractivity contribution in [3.05, 3.63) is 12.7 Å². The molecule has 0 heterocycles. The Morgan fingerprint density at radius 1 is 1.25 bits per heavy atom. The second kappa shape index (κ2) is 6.21. The summed E-state index contributed by atoms with van der Waals surface area (Å²) in [6, 6.07) is 0. The van der Waals surface area contributed by atoms with E-state index >= 15 is 0 Å². The Bertz CT molecular complexity index is 117. The van der Waals surface area contributed by atoms with Crippen LogP contribution in [0.5, 0.6) is 0 Å². The number of hydrogen-bond acceptors (Lipinski definition) is 2. The third-order valence-electron chi connectivity index (χ3n) is 2.20. The Hall–Kier alpha value is -0.340. The number of aliphatic hydroxyl groups is 2. The van der Waals surface area contributed by atoms with Crippen molar-refractivity contribution in [2.24, 2.45) is 5.41 Å². The van der Waals surface area contributed by atoms with Gasteiger partial charge in [-0.2, -0.15) is 0 Å². The van der Waals surface area contributed by atoms with Crippen LogP contribution in [-0.2, 0) is 0 Å². The largest absolute Gasteiger partial charge is 0.396 e. The van der Waals surface area contributed by atoms with Crippen LogP contribution in [0.2, 0.25) is 0 Å². The summed E-state index contributed by atoms with van der Waals surface area (Å²) in [4.78, 5) is 0. The zero-order valence-corrected chi connectivity index (χ0v) is 7.92. The number of rotatable bonds is 7. The summed E-state index contributed by atoms with van der Waals surface area (Å²) in [7, 11) is 0. The molecule has 2 N–H and O–H groups in total. The Kier molecular flexibility index (Phi) is 6.03. The van der Waals surface area contributed by atoms with Crippen LogP contribution in [0.25, 0.3) is 0 Å². The summed E-state index contributed by atoms with van der Waals surface area (Å²) < 4.78 is 0.